The lowest BCUT2D eigenvalue weighted by Crippen LogP contribution is -2.13. The van der Waals surface area contributed by atoms with E-state index in [9.17, 15) is 0 Å². The second kappa shape index (κ2) is 44.8. The molecule has 0 N–H and O–H groups in total. The lowest BCUT2D eigenvalue weighted by Gasteiger charge is -2.28. The van der Waals surface area contributed by atoms with Crippen molar-refractivity contribution in [3.05, 3.63) is 0 Å². The van der Waals surface area contributed by atoms with Gasteiger partial charge in [0, 0.05) is 7.26 Å². The van der Waals surface area contributed by atoms with Gasteiger partial charge < -0.3 is 0 Å². The van der Waals surface area contributed by atoms with Crippen molar-refractivity contribution in [2.45, 2.75) is 297 Å². The molecular formula is C50H104P+. The molecule has 0 rings (SSSR count). The Bertz CT molecular complexity index is 543. The molecule has 0 aliphatic heterocycles. The third kappa shape index (κ3) is 39.9. The number of unbranched alkanes of at least 4 members (excludes halogenated alkanes) is 38. The van der Waals surface area contributed by atoms with Crippen molar-refractivity contribution in [1.29, 1.82) is 0 Å². The zero-order valence-corrected chi connectivity index (χ0v) is 37.9. The van der Waals surface area contributed by atoms with E-state index < -0.39 is 7.26 Å². The van der Waals surface area contributed by atoms with E-state index in [1.165, 1.54) is 244 Å². The molecule has 0 aliphatic rings. The Morgan fingerprint density at radius 1 is 0.157 bits per heavy atom. The fourth-order valence-electron chi connectivity index (χ4n) is 8.76. The second-order valence-electron chi connectivity index (χ2n) is 17.7. The molecule has 0 heterocycles. The van der Waals surface area contributed by atoms with Gasteiger partial charge in [0.1, 0.15) is 0 Å². The minimum atomic E-state index is -0.794. The summed E-state index contributed by atoms with van der Waals surface area (Å²) in [5, 5.41) is 0. The summed E-state index contributed by atoms with van der Waals surface area (Å²) >= 11 is 0. The first-order chi connectivity index (χ1) is 25.2. The Morgan fingerprint density at radius 2 is 0.275 bits per heavy atom. The lowest BCUT2D eigenvalue weighted by molar-refractivity contribution is 0.534. The minimum Gasteiger partial charge on any atom is -0.0654 e. The van der Waals surface area contributed by atoms with Crippen molar-refractivity contribution in [2.24, 2.45) is 0 Å². The third-order valence-electron chi connectivity index (χ3n) is 12.4. The van der Waals surface area contributed by atoms with Gasteiger partial charge in [-0.25, -0.2) is 0 Å². The maximum Gasteiger partial charge on any atom is 0.0594 e. The molecular weight excluding hydrogens is 632 g/mol. The molecule has 0 radical (unpaired) electrons. The Morgan fingerprint density at radius 3 is 0.412 bits per heavy atom. The van der Waals surface area contributed by atoms with Gasteiger partial charge in [-0.15, -0.1) is 0 Å². The van der Waals surface area contributed by atoms with Gasteiger partial charge in [0.25, 0.3) is 0 Å². The molecule has 0 atom stereocenters. The van der Waals surface area contributed by atoms with E-state index in [-0.39, 0.29) is 0 Å². The average Bonchev–Trinajstić information content (AvgIpc) is 3.14. The van der Waals surface area contributed by atoms with Gasteiger partial charge in [-0.1, -0.05) is 246 Å². The monoisotopic (exact) mass is 736 g/mol. The maximum absolute atomic E-state index is 2.35. The highest BCUT2D eigenvalue weighted by Gasteiger charge is 2.35. The SMILES string of the molecule is CCCCCCCCCCCCCCCCC[P+](CCCCCCCCCCC)(CCCCCCCCCCC)CCCCCCCCCCC. The zero-order valence-electron chi connectivity index (χ0n) is 37.0. The Kier molecular flexibility index (Phi) is 45.2. The Hall–Kier alpha value is 0.430. The standard InChI is InChI=1S/C50H104P/c1-5-9-13-17-21-25-26-27-28-29-30-34-38-42-46-50-51(47-43-39-35-31-22-18-14-10-6-2,48-44-40-36-32-23-19-15-11-7-3)49-45-41-37-33-24-20-16-12-8-4/h5-50H2,1-4H3/q+1. The van der Waals surface area contributed by atoms with E-state index in [2.05, 4.69) is 27.7 Å². The molecule has 51 heavy (non-hydrogen) atoms. The summed E-state index contributed by atoms with van der Waals surface area (Å²) in [4.78, 5) is 0. The summed E-state index contributed by atoms with van der Waals surface area (Å²) in [7, 11) is -0.794. The maximum atomic E-state index is 2.35. The van der Waals surface area contributed by atoms with Gasteiger partial charge in [-0.3, -0.25) is 0 Å². The smallest absolute Gasteiger partial charge is 0.0594 e. The highest BCUT2D eigenvalue weighted by Crippen LogP contribution is 2.61. The predicted molar refractivity (Wildman–Crippen MR) is 243 cm³/mol. The van der Waals surface area contributed by atoms with Crippen LogP contribution >= 0.6 is 7.26 Å². The fraction of sp³-hybridized carbons (Fsp3) is 1.00. The van der Waals surface area contributed by atoms with Gasteiger partial charge in [0.15, 0.2) is 0 Å². The van der Waals surface area contributed by atoms with Crippen molar-refractivity contribution < 1.29 is 0 Å². The van der Waals surface area contributed by atoms with Crippen molar-refractivity contribution in [3.63, 3.8) is 0 Å². The minimum absolute atomic E-state index is 0.794. The quantitative estimate of drug-likeness (QED) is 0.0431. The number of hydrogen-bond acceptors (Lipinski definition) is 0. The van der Waals surface area contributed by atoms with E-state index in [1.54, 1.807) is 50.3 Å². The Balaban J connectivity index is 4.77. The van der Waals surface area contributed by atoms with E-state index in [1.807, 2.05) is 0 Å². The molecule has 0 spiro atoms. The molecule has 0 saturated carbocycles. The molecule has 0 saturated heterocycles. The molecule has 308 valence electrons. The first-order valence-corrected chi connectivity index (χ1v) is 27.6. The molecule has 0 bridgehead atoms. The van der Waals surface area contributed by atoms with E-state index in [0.717, 1.165) is 0 Å². The summed E-state index contributed by atoms with van der Waals surface area (Å²) < 4.78 is 0. The predicted octanol–water partition coefficient (Wildman–Crippen LogP) is 19.5. The van der Waals surface area contributed by atoms with Gasteiger partial charge >= 0.3 is 0 Å². The van der Waals surface area contributed by atoms with Crippen LogP contribution in [0.4, 0.5) is 0 Å². The van der Waals surface area contributed by atoms with Crippen molar-refractivity contribution in [3.8, 4) is 0 Å². The molecule has 1 heteroatoms. The van der Waals surface area contributed by atoms with Crippen LogP contribution in [0.3, 0.4) is 0 Å². The number of rotatable bonds is 46. The van der Waals surface area contributed by atoms with Crippen LogP contribution in [0.15, 0.2) is 0 Å². The van der Waals surface area contributed by atoms with Crippen molar-refractivity contribution >= 4 is 7.26 Å². The van der Waals surface area contributed by atoms with Gasteiger partial charge in [0.05, 0.1) is 24.6 Å². The Labute approximate surface area is 328 Å². The van der Waals surface area contributed by atoms with E-state index in [4.69, 9.17) is 0 Å². The van der Waals surface area contributed by atoms with E-state index >= 15 is 0 Å². The summed E-state index contributed by atoms with van der Waals surface area (Å²) in [6.45, 7) is 9.36. The normalized spacial score (nSPS) is 12.0. The average molecular weight is 736 g/mol. The summed E-state index contributed by atoms with van der Waals surface area (Å²) in [5.74, 6) is 0. The topological polar surface area (TPSA) is 0 Å². The molecule has 0 amide bonds. The number of hydrogen-bond donors (Lipinski definition) is 0. The zero-order chi connectivity index (χ0) is 37.0. The van der Waals surface area contributed by atoms with Crippen LogP contribution in [-0.2, 0) is 0 Å². The third-order valence-corrected chi connectivity index (χ3v) is 17.5. The van der Waals surface area contributed by atoms with Crippen LogP contribution in [0, 0.1) is 0 Å². The lowest BCUT2D eigenvalue weighted by atomic mass is 10.0. The highest BCUT2D eigenvalue weighted by atomic mass is 31.2. The van der Waals surface area contributed by atoms with Crippen LogP contribution in [0.5, 0.6) is 0 Å². The van der Waals surface area contributed by atoms with Crippen LogP contribution in [-0.4, -0.2) is 24.6 Å². The molecule has 0 fully saturated rings. The van der Waals surface area contributed by atoms with Gasteiger partial charge in [-0.05, 0) is 51.4 Å². The summed E-state index contributed by atoms with van der Waals surface area (Å²) in [5.41, 5.74) is 0. The largest absolute Gasteiger partial charge is 0.0654 e. The van der Waals surface area contributed by atoms with Crippen LogP contribution in [0.1, 0.15) is 297 Å². The molecule has 0 nitrogen and oxygen atoms in total. The molecule has 0 aromatic rings. The van der Waals surface area contributed by atoms with Crippen LogP contribution < -0.4 is 0 Å². The molecule has 0 aliphatic carbocycles. The van der Waals surface area contributed by atoms with Crippen LogP contribution in [0.2, 0.25) is 0 Å². The second-order valence-corrected chi connectivity index (χ2v) is 22.1. The first kappa shape index (κ1) is 51.4. The van der Waals surface area contributed by atoms with Crippen molar-refractivity contribution in [2.75, 3.05) is 24.6 Å². The molecule has 0 aromatic carbocycles. The van der Waals surface area contributed by atoms with E-state index in [0.29, 0.717) is 0 Å². The fourth-order valence-corrected chi connectivity index (χ4v) is 13.7. The van der Waals surface area contributed by atoms with Crippen molar-refractivity contribution in [1.82, 2.24) is 0 Å². The van der Waals surface area contributed by atoms with Crippen LogP contribution in [0.25, 0.3) is 0 Å². The summed E-state index contributed by atoms with van der Waals surface area (Å²) in [6.07, 6.45) is 69.2. The molecule has 0 unspecified atom stereocenters. The van der Waals surface area contributed by atoms with Gasteiger partial charge in [-0.2, -0.15) is 0 Å². The first-order valence-electron chi connectivity index (χ1n) is 25.1. The summed E-state index contributed by atoms with van der Waals surface area (Å²) in [6, 6.07) is 0. The molecule has 0 aromatic heterocycles. The highest BCUT2D eigenvalue weighted by molar-refractivity contribution is 7.75. The van der Waals surface area contributed by atoms with Gasteiger partial charge in [0.2, 0.25) is 0 Å².